The Kier molecular flexibility index (Phi) is 3.47. The van der Waals surface area contributed by atoms with E-state index in [1.807, 2.05) is 0 Å². The lowest BCUT2D eigenvalue weighted by atomic mass is 10.3. The molecule has 2 rings (SSSR count). The number of hydrogen-bond acceptors (Lipinski definition) is 3. The number of carbonyl (C=O) groups is 1. The molecule has 7 heteroatoms. The number of benzene rings is 1. The third kappa shape index (κ3) is 2.78. The van der Waals surface area contributed by atoms with Crippen molar-refractivity contribution in [3.05, 3.63) is 41.4 Å². The number of hydrogen-bond donors (Lipinski definition) is 2. The van der Waals surface area contributed by atoms with Crippen molar-refractivity contribution < 1.29 is 9.18 Å². The lowest BCUT2D eigenvalue weighted by Crippen LogP contribution is -2.19. The van der Waals surface area contributed by atoms with Crippen molar-refractivity contribution in [2.75, 3.05) is 11.1 Å². The van der Waals surface area contributed by atoms with Crippen molar-refractivity contribution in [2.45, 2.75) is 6.54 Å². The van der Waals surface area contributed by atoms with Crippen LogP contribution in [0.2, 0.25) is 5.02 Å². The first-order valence-corrected chi connectivity index (χ1v) is 5.46. The summed E-state index contributed by atoms with van der Waals surface area (Å²) in [4.78, 5) is 11.6. The molecule has 18 heavy (non-hydrogen) atoms. The first-order chi connectivity index (χ1) is 8.56. The molecule has 0 aliphatic carbocycles. The fraction of sp³-hybridized carbons (Fsp3) is 0.0909. The van der Waals surface area contributed by atoms with Gasteiger partial charge in [-0.25, -0.2) is 4.39 Å². The van der Waals surface area contributed by atoms with Gasteiger partial charge in [0, 0.05) is 6.20 Å². The van der Waals surface area contributed by atoms with E-state index in [1.54, 1.807) is 6.07 Å². The molecule has 0 unspecified atom stereocenters. The summed E-state index contributed by atoms with van der Waals surface area (Å²) in [5.74, 6) is -1.08. The zero-order valence-corrected chi connectivity index (χ0v) is 9.99. The Hall–Kier alpha value is -2.08. The fourth-order valence-corrected chi connectivity index (χ4v) is 1.58. The van der Waals surface area contributed by atoms with Gasteiger partial charge in [0.25, 0.3) is 0 Å². The van der Waals surface area contributed by atoms with E-state index < -0.39 is 11.7 Å². The highest BCUT2D eigenvalue weighted by molar-refractivity contribution is 6.31. The number of nitrogen functional groups attached to an aromatic ring is 1. The Morgan fingerprint density at radius 3 is 3.00 bits per heavy atom. The summed E-state index contributed by atoms with van der Waals surface area (Å²) in [5, 5.41) is 6.21. The van der Waals surface area contributed by atoms with Gasteiger partial charge in [0.15, 0.2) is 5.82 Å². The van der Waals surface area contributed by atoms with Crippen LogP contribution in [-0.4, -0.2) is 15.7 Å². The zero-order valence-electron chi connectivity index (χ0n) is 9.23. The highest BCUT2D eigenvalue weighted by Crippen LogP contribution is 2.21. The maximum absolute atomic E-state index is 13.5. The minimum Gasteiger partial charge on any atom is -0.396 e. The predicted molar refractivity (Wildman–Crippen MR) is 66.7 cm³/mol. The van der Waals surface area contributed by atoms with Crippen molar-refractivity contribution >= 4 is 28.9 Å². The predicted octanol–water partition coefficient (Wildman–Crippen LogP) is 1.90. The van der Waals surface area contributed by atoms with Crippen LogP contribution in [0.5, 0.6) is 0 Å². The number of anilines is 2. The molecule has 5 nitrogen and oxygen atoms in total. The van der Waals surface area contributed by atoms with Gasteiger partial charge in [-0.2, -0.15) is 5.10 Å². The number of rotatable bonds is 3. The smallest absolute Gasteiger partial charge is 0.246 e. The van der Waals surface area contributed by atoms with Crippen LogP contribution in [0.25, 0.3) is 0 Å². The molecule has 3 N–H and O–H groups in total. The second-order valence-corrected chi connectivity index (χ2v) is 4.03. The molecule has 1 aromatic carbocycles. The van der Waals surface area contributed by atoms with Crippen molar-refractivity contribution in [3.8, 4) is 0 Å². The van der Waals surface area contributed by atoms with Gasteiger partial charge in [0.1, 0.15) is 6.54 Å². The molecule has 0 aliphatic heterocycles. The standard InChI is InChI=1S/C11H10ClFN4O/c12-8-2-1-3-9(11(8)13)16-10(18)6-17-5-7(14)4-15-17/h1-5H,6,14H2,(H,16,18). The Balaban J connectivity index is 2.05. The molecule has 2 aromatic rings. The second-order valence-electron chi connectivity index (χ2n) is 3.62. The van der Waals surface area contributed by atoms with E-state index in [-0.39, 0.29) is 17.3 Å². The zero-order chi connectivity index (χ0) is 13.1. The van der Waals surface area contributed by atoms with E-state index in [0.29, 0.717) is 5.69 Å². The summed E-state index contributed by atoms with van der Waals surface area (Å²) in [7, 11) is 0. The largest absolute Gasteiger partial charge is 0.396 e. The first kappa shape index (κ1) is 12.4. The normalized spacial score (nSPS) is 10.3. The van der Waals surface area contributed by atoms with Gasteiger partial charge in [-0.05, 0) is 12.1 Å². The molecule has 94 valence electrons. The Labute approximate surface area is 107 Å². The van der Waals surface area contributed by atoms with Crippen LogP contribution in [0, 0.1) is 5.82 Å². The molecule has 0 spiro atoms. The van der Waals surface area contributed by atoms with Crippen LogP contribution >= 0.6 is 11.6 Å². The van der Waals surface area contributed by atoms with Gasteiger partial charge in [-0.3, -0.25) is 9.48 Å². The number of amides is 1. The summed E-state index contributed by atoms with van der Waals surface area (Å²) in [5.41, 5.74) is 5.95. The topological polar surface area (TPSA) is 72.9 Å². The summed E-state index contributed by atoms with van der Waals surface area (Å²) in [6, 6.07) is 4.38. The highest BCUT2D eigenvalue weighted by atomic mass is 35.5. The molecular weight excluding hydrogens is 259 g/mol. The van der Waals surface area contributed by atoms with Gasteiger partial charge < -0.3 is 11.1 Å². The molecule has 0 radical (unpaired) electrons. The monoisotopic (exact) mass is 268 g/mol. The summed E-state index contributed by atoms with van der Waals surface area (Å²) in [6.45, 7) is -0.0524. The second kappa shape index (κ2) is 5.05. The molecule has 0 bridgehead atoms. The number of nitrogens with zero attached hydrogens (tertiary/aromatic N) is 2. The van der Waals surface area contributed by atoms with Crippen LogP contribution in [0.3, 0.4) is 0 Å². The summed E-state index contributed by atoms with van der Waals surface area (Å²) < 4.78 is 14.9. The minimum atomic E-state index is -0.660. The number of halogens is 2. The van der Waals surface area contributed by atoms with E-state index in [1.165, 1.54) is 29.2 Å². The van der Waals surface area contributed by atoms with E-state index in [9.17, 15) is 9.18 Å². The molecule has 1 heterocycles. The van der Waals surface area contributed by atoms with E-state index in [0.717, 1.165) is 0 Å². The van der Waals surface area contributed by atoms with Crippen LogP contribution < -0.4 is 11.1 Å². The van der Waals surface area contributed by atoms with Crippen molar-refractivity contribution in [1.82, 2.24) is 9.78 Å². The Morgan fingerprint density at radius 2 is 2.33 bits per heavy atom. The number of aromatic nitrogens is 2. The van der Waals surface area contributed by atoms with Gasteiger partial charge in [0.05, 0.1) is 22.6 Å². The van der Waals surface area contributed by atoms with Crippen molar-refractivity contribution in [3.63, 3.8) is 0 Å². The molecule has 0 atom stereocenters. The summed E-state index contributed by atoms with van der Waals surface area (Å²) >= 11 is 5.60. The molecule has 1 aromatic heterocycles. The van der Waals surface area contributed by atoms with E-state index in [2.05, 4.69) is 10.4 Å². The molecule has 0 fully saturated rings. The molecule has 0 saturated heterocycles. The van der Waals surface area contributed by atoms with Crippen molar-refractivity contribution in [1.29, 1.82) is 0 Å². The molecule has 0 aliphatic rings. The lowest BCUT2D eigenvalue weighted by Gasteiger charge is -2.07. The number of carbonyl (C=O) groups excluding carboxylic acids is 1. The van der Waals surface area contributed by atoms with Crippen LogP contribution in [0.4, 0.5) is 15.8 Å². The Morgan fingerprint density at radius 1 is 1.56 bits per heavy atom. The third-order valence-corrected chi connectivity index (χ3v) is 2.48. The third-order valence-electron chi connectivity index (χ3n) is 2.18. The van der Waals surface area contributed by atoms with Crippen LogP contribution in [0.1, 0.15) is 0 Å². The van der Waals surface area contributed by atoms with E-state index >= 15 is 0 Å². The lowest BCUT2D eigenvalue weighted by molar-refractivity contribution is -0.116. The maximum atomic E-state index is 13.5. The number of nitrogens with one attached hydrogen (secondary N) is 1. The van der Waals surface area contributed by atoms with Gasteiger partial charge >= 0.3 is 0 Å². The summed E-state index contributed by atoms with van der Waals surface area (Å²) in [6.07, 6.45) is 2.93. The minimum absolute atomic E-state index is 0.0348. The quantitative estimate of drug-likeness (QED) is 0.893. The van der Waals surface area contributed by atoms with Crippen LogP contribution in [-0.2, 0) is 11.3 Å². The van der Waals surface area contributed by atoms with Gasteiger partial charge in [0.2, 0.25) is 5.91 Å². The Bertz CT molecular complexity index is 584. The van der Waals surface area contributed by atoms with E-state index in [4.69, 9.17) is 17.3 Å². The average Bonchev–Trinajstić information content (AvgIpc) is 2.70. The van der Waals surface area contributed by atoms with Crippen molar-refractivity contribution in [2.24, 2.45) is 0 Å². The van der Waals surface area contributed by atoms with Crippen LogP contribution in [0.15, 0.2) is 30.6 Å². The average molecular weight is 269 g/mol. The molecular formula is C11H10ClFN4O. The van der Waals surface area contributed by atoms with Gasteiger partial charge in [-0.15, -0.1) is 0 Å². The first-order valence-electron chi connectivity index (χ1n) is 5.08. The fourth-order valence-electron chi connectivity index (χ4n) is 1.40. The maximum Gasteiger partial charge on any atom is 0.246 e. The van der Waals surface area contributed by atoms with Gasteiger partial charge in [-0.1, -0.05) is 17.7 Å². The molecule has 0 saturated carbocycles. The highest BCUT2D eigenvalue weighted by Gasteiger charge is 2.10. The SMILES string of the molecule is Nc1cnn(CC(=O)Nc2cccc(Cl)c2F)c1. The molecule has 1 amide bonds. The number of nitrogens with two attached hydrogens (primary N) is 1.